The van der Waals surface area contributed by atoms with E-state index in [0.29, 0.717) is 11.3 Å². The number of sulfone groups is 1. The molecule has 1 amide bonds. The lowest BCUT2D eigenvalue weighted by Crippen LogP contribution is -2.23. The van der Waals surface area contributed by atoms with Gasteiger partial charge in [0.05, 0.1) is 17.1 Å². The summed E-state index contributed by atoms with van der Waals surface area (Å²) in [5, 5.41) is 5.18. The number of amides is 1. The van der Waals surface area contributed by atoms with Crippen molar-refractivity contribution in [2.75, 3.05) is 6.26 Å². The van der Waals surface area contributed by atoms with Crippen molar-refractivity contribution in [2.24, 2.45) is 5.92 Å². The fourth-order valence-corrected chi connectivity index (χ4v) is 4.98. The largest absolute Gasteiger partial charge is 0.346 e. The molecule has 0 atom stereocenters. The van der Waals surface area contributed by atoms with Crippen LogP contribution in [0.1, 0.15) is 41.4 Å². The number of aryl methyl sites for hydroxylation is 1. The number of carbonyl (C=O) groups is 1. The molecule has 1 fully saturated rings. The molecule has 7 heteroatoms. The van der Waals surface area contributed by atoms with Crippen molar-refractivity contribution in [3.63, 3.8) is 0 Å². The van der Waals surface area contributed by atoms with E-state index >= 15 is 0 Å². The van der Waals surface area contributed by atoms with E-state index in [9.17, 15) is 13.2 Å². The molecule has 4 aromatic rings. The van der Waals surface area contributed by atoms with Crippen molar-refractivity contribution in [3.8, 4) is 0 Å². The number of fused-ring (bicyclic) bond motifs is 3. The van der Waals surface area contributed by atoms with Crippen LogP contribution in [0.3, 0.4) is 0 Å². The zero-order valence-corrected chi connectivity index (χ0v) is 19.7. The van der Waals surface area contributed by atoms with Gasteiger partial charge in [0.15, 0.2) is 9.84 Å². The summed E-state index contributed by atoms with van der Waals surface area (Å²) in [7, 11) is -3.29. The Balaban J connectivity index is 1.41. The monoisotopic (exact) mass is 461 g/mol. The highest BCUT2D eigenvalue weighted by Crippen LogP contribution is 2.35. The number of nitrogens with zero attached hydrogens (tertiary/aromatic N) is 2. The quantitative estimate of drug-likeness (QED) is 0.440. The predicted molar refractivity (Wildman–Crippen MR) is 130 cm³/mol. The fourth-order valence-electron chi connectivity index (χ4n) is 4.42. The zero-order valence-electron chi connectivity index (χ0n) is 18.8. The van der Waals surface area contributed by atoms with Gasteiger partial charge in [0, 0.05) is 46.4 Å². The molecule has 1 aliphatic carbocycles. The Hall–Kier alpha value is -3.19. The van der Waals surface area contributed by atoms with Gasteiger partial charge in [-0.15, -0.1) is 0 Å². The van der Waals surface area contributed by atoms with Crippen LogP contribution in [-0.2, 0) is 29.3 Å². The van der Waals surface area contributed by atoms with Gasteiger partial charge >= 0.3 is 0 Å². The summed E-state index contributed by atoms with van der Waals surface area (Å²) < 4.78 is 25.5. The van der Waals surface area contributed by atoms with Gasteiger partial charge in [-0.1, -0.05) is 6.07 Å². The van der Waals surface area contributed by atoms with Crippen LogP contribution >= 0.6 is 0 Å². The number of nitrogens with one attached hydrogen (secondary N) is 1. The SMILES string of the molecule is CCn1c2ccc(CC3CC3)cc2c2cc(C(=O)NCc3ccc(S(C)(=O)=O)cn3)ccc21. The normalized spacial score (nSPS) is 14.1. The fraction of sp³-hybridized carbons (Fsp3) is 0.308. The van der Waals surface area contributed by atoms with Gasteiger partial charge in [-0.3, -0.25) is 9.78 Å². The highest BCUT2D eigenvalue weighted by Gasteiger charge is 2.22. The highest BCUT2D eigenvalue weighted by atomic mass is 32.2. The van der Waals surface area contributed by atoms with E-state index in [-0.39, 0.29) is 17.3 Å². The van der Waals surface area contributed by atoms with Crippen LogP contribution in [0.15, 0.2) is 59.6 Å². The summed E-state index contributed by atoms with van der Waals surface area (Å²) in [4.78, 5) is 17.2. The second kappa shape index (κ2) is 8.30. The minimum atomic E-state index is -3.29. The van der Waals surface area contributed by atoms with Crippen LogP contribution in [0, 0.1) is 5.92 Å². The third-order valence-electron chi connectivity index (χ3n) is 6.38. The molecule has 2 aromatic heterocycles. The second-order valence-corrected chi connectivity index (χ2v) is 10.9. The summed E-state index contributed by atoms with van der Waals surface area (Å²) in [5.74, 6) is 0.640. The van der Waals surface area contributed by atoms with Gasteiger partial charge in [-0.05, 0) is 80.1 Å². The Morgan fingerprint density at radius 2 is 1.79 bits per heavy atom. The summed E-state index contributed by atoms with van der Waals surface area (Å²) in [5.41, 5.74) is 4.88. The van der Waals surface area contributed by atoms with Crippen LogP contribution in [0.2, 0.25) is 0 Å². The van der Waals surface area contributed by atoms with Gasteiger partial charge in [0.25, 0.3) is 5.91 Å². The molecule has 2 aromatic carbocycles. The van der Waals surface area contributed by atoms with Crippen molar-refractivity contribution in [1.29, 1.82) is 0 Å². The molecule has 1 saturated carbocycles. The van der Waals surface area contributed by atoms with Crippen LogP contribution in [0.4, 0.5) is 0 Å². The molecule has 0 aliphatic heterocycles. The molecule has 0 spiro atoms. The van der Waals surface area contributed by atoms with Crippen molar-refractivity contribution >= 4 is 37.6 Å². The molecule has 1 aliphatic rings. The molecule has 5 rings (SSSR count). The Bertz CT molecular complexity index is 1470. The first kappa shape index (κ1) is 21.6. The summed E-state index contributed by atoms with van der Waals surface area (Å²) >= 11 is 0. The first-order valence-corrected chi connectivity index (χ1v) is 13.2. The number of aromatic nitrogens is 2. The van der Waals surface area contributed by atoms with Gasteiger partial charge < -0.3 is 9.88 Å². The Morgan fingerprint density at radius 3 is 2.42 bits per heavy atom. The van der Waals surface area contributed by atoms with Crippen LogP contribution in [0.25, 0.3) is 21.8 Å². The van der Waals surface area contributed by atoms with Crippen LogP contribution in [-0.4, -0.2) is 30.1 Å². The number of rotatable bonds is 7. The first-order valence-electron chi connectivity index (χ1n) is 11.3. The zero-order chi connectivity index (χ0) is 23.2. The van der Waals surface area contributed by atoms with Crippen molar-refractivity contribution in [3.05, 3.63) is 71.5 Å². The van der Waals surface area contributed by atoms with Crippen molar-refractivity contribution in [1.82, 2.24) is 14.9 Å². The lowest BCUT2D eigenvalue weighted by atomic mass is 10.0. The average molecular weight is 462 g/mol. The van der Waals surface area contributed by atoms with Gasteiger partial charge in [-0.25, -0.2) is 8.42 Å². The lowest BCUT2D eigenvalue weighted by molar-refractivity contribution is 0.0950. The van der Waals surface area contributed by atoms with Crippen molar-refractivity contribution in [2.45, 2.75) is 44.2 Å². The molecule has 0 unspecified atom stereocenters. The second-order valence-electron chi connectivity index (χ2n) is 8.92. The molecule has 170 valence electrons. The number of carbonyl (C=O) groups excluding carboxylic acids is 1. The van der Waals surface area contributed by atoms with Crippen LogP contribution in [0.5, 0.6) is 0 Å². The molecule has 6 nitrogen and oxygen atoms in total. The highest BCUT2D eigenvalue weighted by molar-refractivity contribution is 7.90. The lowest BCUT2D eigenvalue weighted by Gasteiger charge is -2.07. The standard InChI is InChI=1S/C26H27N3O3S/c1-3-29-24-10-6-18(12-17-4-5-17)13-22(24)23-14-19(7-11-25(23)29)26(30)28-15-20-8-9-21(16-27-20)33(2,31)32/h6-11,13-14,16-17H,3-5,12,15H2,1-2H3,(H,28,30). The Labute approximate surface area is 193 Å². The minimum absolute atomic E-state index is 0.163. The molecular weight excluding hydrogens is 434 g/mol. The Morgan fingerprint density at radius 1 is 1.06 bits per heavy atom. The third-order valence-corrected chi connectivity index (χ3v) is 7.48. The maximum atomic E-state index is 12.9. The maximum absolute atomic E-state index is 12.9. The predicted octanol–water partition coefficient (Wildman–Crippen LogP) is 4.50. The van der Waals surface area contributed by atoms with Crippen molar-refractivity contribution < 1.29 is 13.2 Å². The maximum Gasteiger partial charge on any atom is 0.251 e. The molecule has 0 saturated heterocycles. The van der Waals surface area contributed by atoms with E-state index in [2.05, 4.69) is 40.0 Å². The van der Waals surface area contributed by atoms with Gasteiger partial charge in [-0.2, -0.15) is 0 Å². The summed E-state index contributed by atoms with van der Waals surface area (Å²) in [6, 6.07) is 15.7. The van der Waals surface area contributed by atoms with Gasteiger partial charge in [0.2, 0.25) is 0 Å². The summed E-state index contributed by atoms with van der Waals surface area (Å²) in [6.07, 6.45) is 6.24. The number of hydrogen-bond acceptors (Lipinski definition) is 4. The van der Waals surface area contributed by atoms with E-state index in [1.165, 1.54) is 41.6 Å². The smallest absolute Gasteiger partial charge is 0.251 e. The number of hydrogen-bond donors (Lipinski definition) is 1. The number of benzene rings is 2. The topological polar surface area (TPSA) is 81.1 Å². The number of pyridine rings is 1. The third kappa shape index (κ3) is 4.37. The Kier molecular flexibility index (Phi) is 5.44. The molecule has 2 heterocycles. The molecule has 0 bridgehead atoms. The molecule has 0 radical (unpaired) electrons. The summed E-state index contributed by atoms with van der Waals surface area (Å²) in [6.45, 7) is 3.23. The molecular formula is C26H27N3O3S. The minimum Gasteiger partial charge on any atom is -0.346 e. The van der Waals surface area contributed by atoms with E-state index in [4.69, 9.17) is 0 Å². The van der Waals surface area contributed by atoms with E-state index in [0.717, 1.165) is 36.0 Å². The van der Waals surface area contributed by atoms with Crippen LogP contribution < -0.4 is 5.32 Å². The average Bonchev–Trinajstić information content (AvgIpc) is 3.56. The molecule has 33 heavy (non-hydrogen) atoms. The van der Waals surface area contributed by atoms with E-state index in [1.54, 1.807) is 6.07 Å². The van der Waals surface area contributed by atoms with E-state index < -0.39 is 9.84 Å². The van der Waals surface area contributed by atoms with E-state index in [1.807, 2.05) is 18.2 Å². The molecule has 1 N–H and O–H groups in total. The van der Waals surface area contributed by atoms with Gasteiger partial charge in [0.1, 0.15) is 0 Å². The first-order chi connectivity index (χ1) is 15.8.